The highest BCUT2D eigenvalue weighted by Gasteiger charge is 2.19. The van der Waals surface area contributed by atoms with E-state index >= 15 is 0 Å². The van der Waals surface area contributed by atoms with Crippen LogP contribution in [0.25, 0.3) is 0 Å². The van der Waals surface area contributed by atoms with Crippen LogP contribution >= 0.6 is 0 Å². The molecule has 2 heteroatoms. The zero-order chi connectivity index (χ0) is 10.6. The molecule has 2 nitrogen and oxygen atoms in total. The molecule has 0 unspecified atom stereocenters. The van der Waals surface area contributed by atoms with Gasteiger partial charge in [0.1, 0.15) is 0 Å². The van der Waals surface area contributed by atoms with Gasteiger partial charge in [0.15, 0.2) is 0 Å². The van der Waals surface area contributed by atoms with Gasteiger partial charge in [-0.1, -0.05) is 18.6 Å². The smallest absolute Gasteiger partial charge is 0.302 e. The van der Waals surface area contributed by atoms with E-state index in [1.807, 2.05) is 0 Å². The van der Waals surface area contributed by atoms with E-state index < -0.39 is 0 Å². The topological polar surface area (TPSA) is 26.3 Å². The third kappa shape index (κ3) is 3.52. The zero-order valence-electron chi connectivity index (χ0n) is 9.38. The summed E-state index contributed by atoms with van der Waals surface area (Å²) in [6, 6.07) is 0. The average molecular weight is 196 g/mol. The molecule has 0 saturated heterocycles. The Hall–Kier alpha value is -0.790. The highest BCUT2D eigenvalue weighted by atomic mass is 16.5. The summed E-state index contributed by atoms with van der Waals surface area (Å²) in [6.45, 7) is 6.40. The molecule has 0 heterocycles. The van der Waals surface area contributed by atoms with Gasteiger partial charge < -0.3 is 4.74 Å². The molecule has 0 spiro atoms. The van der Waals surface area contributed by atoms with Crippen molar-refractivity contribution in [3.05, 3.63) is 11.6 Å². The SMILES string of the molecule is CC(=O)OC[C@H](C)[C@@H]1CC=C(C)CC1. The van der Waals surface area contributed by atoms with Crippen LogP contribution in [0.4, 0.5) is 0 Å². The lowest BCUT2D eigenvalue weighted by Crippen LogP contribution is -2.20. The number of rotatable bonds is 3. The van der Waals surface area contributed by atoms with Crippen LogP contribution < -0.4 is 0 Å². The quantitative estimate of drug-likeness (QED) is 0.512. The van der Waals surface area contributed by atoms with Crippen molar-refractivity contribution in [2.24, 2.45) is 11.8 Å². The van der Waals surface area contributed by atoms with E-state index in [1.165, 1.54) is 25.3 Å². The van der Waals surface area contributed by atoms with Crippen LogP contribution in [0.5, 0.6) is 0 Å². The number of carbonyl (C=O) groups excluding carboxylic acids is 1. The summed E-state index contributed by atoms with van der Waals surface area (Å²) >= 11 is 0. The van der Waals surface area contributed by atoms with E-state index in [4.69, 9.17) is 4.74 Å². The van der Waals surface area contributed by atoms with Crippen LogP contribution in [0.15, 0.2) is 11.6 Å². The maximum absolute atomic E-state index is 10.6. The molecule has 1 aliphatic carbocycles. The predicted molar refractivity (Wildman–Crippen MR) is 56.9 cm³/mol. The van der Waals surface area contributed by atoms with E-state index in [9.17, 15) is 4.79 Å². The first kappa shape index (κ1) is 11.3. The third-order valence-electron chi connectivity index (χ3n) is 3.03. The molecule has 0 amide bonds. The van der Waals surface area contributed by atoms with Gasteiger partial charge in [0.25, 0.3) is 0 Å². The molecule has 0 bridgehead atoms. The Kier molecular flexibility index (Phi) is 4.18. The summed E-state index contributed by atoms with van der Waals surface area (Å²) in [6.07, 6.45) is 5.91. The molecule has 14 heavy (non-hydrogen) atoms. The molecule has 0 aromatic heterocycles. The minimum absolute atomic E-state index is 0.167. The Morgan fingerprint density at radius 3 is 2.93 bits per heavy atom. The van der Waals surface area contributed by atoms with Crippen molar-refractivity contribution >= 4 is 5.97 Å². The molecule has 2 atom stereocenters. The summed E-state index contributed by atoms with van der Waals surface area (Å²) < 4.78 is 5.02. The molecular formula is C12H20O2. The summed E-state index contributed by atoms with van der Waals surface area (Å²) in [5.74, 6) is 1.01. The maximum atomic E-state index is 10.6. The lowest BCUT2D eigenvalue weighted by molar-refractivity contribution is -0.142. The molecule has 0 N–H and O–H groups in total. The Morgan fingerprint density at radius 1 is 1.71 bits per heavy atom. The first-order chi connectivity index (χ1) is 6.59. The highest BCUT2D eigenvalue weighted by Crippen LogP contribution is 2.29. The molecule has 1 rings (SSSR count). The minimum Gasteiger partial charge on any atom is -0.466 e. The Bertz CT molecular complexity index is 230. The largest absolute Gasteiger partial charge is 0.466 e. The average Bonchev–Trinajstić information content (AvgIpc) is 2.15. The number of esters is 1. The lowest BCUT2D eigenvalue weighted by Gasteiger charge is -2.26. The monoisotopic (exact) mass is 196 g/mol. The summed E-state index contributed by atoms with van der Waals surface area (Å²) in [7, 11) is 0. The van der Waals surface area contributed by atoms with Crippen LogP contribution in [-0.4, -0.2) is 12.6 Å². The third-order valence-corrected chi connectivity index (χ3v) is 3.03. The predicted octanol–water partition coefficient (Wildman–Crippen LogP) is 2.93. The molecular weight excluding hydrogens is 176 g/mol. The molecule has 0 aromatic carbocycles. The van der Waals surface area contributed by atoms with Gasteiger partial charge in [-0.25, -0.2) is 0 Å². The van der Waals surface area contributed by atoms with Gasteiger partial charge >= 0.3 is 5.97 Å². The van der Waals surface area contributed by atoms with Gasteiger partial charge in [0, 0.05) is 6.92 Å². The normalized spacial score (nSPS) is 23.9. The van der Waals surface area contributed by atoms with Crippen molar-refractivity contribution in [1.82, 2.24) is 0 Å². The van der Waals surface area contributed by atoms with Gasteiger partial charge in [0.2, 0.25) is 0 Å². The number of allylic oxidation sites excluding steroid dienone is 2. The molecule has 0 saturated carbocycles. The van der Waals surface area contributed by atoms with E-state index in [-0.39, 0.29) is 5.97 Å². The van der Waals surface area contributed by atoms with Crippen molar-refractivity contribution in [3.63, 3.8) is 0 Å². The summed E-state index contributed by atoms with van der Waals surface area (Å²) in [5, 5.41) is 0. The Labute approximate surface area is 86.3 Å². The standard InChI is InChI=1S/C12H20O2/c1-9-4-6-12(7-5-9)10(2)8-14-11(3)13/h4,10,12H,5-8H2,1-3H3/t10-,12+/m0/s1. The number of hydrogen-bond donors (Lipinski definition) is 0. The van der Waals surface area contributed by atoms with Gasteiger partial charge in [-0.15, -0.1) is 0 Å². The van der Waals surface area contributed by atoms with Crippen LogP contribution in [0.1, 0.15) is 40.0 Å². The zero-order valence-corrected chi connectivity index (χ0v) is 9.38. The minimum atomic E-state index is -0.167. The van der Waals surface area contributed by atoms with E-state index in [1.54, 1.807) is 0 Å². The fourth-order valence-electron chi connectivity index (χ4n) is 1.89. The number of ether oxygens (including phenoxy) is 1. The van der Waals surface area contributed by atoms with Crippen LogP contribution in [0, 0.1) is 11.8 Å². The molecule has 0 aliphatic heterocycles. The molecule has 1 aliphatic rings. The van der Waals surface area contributed by atoms with Gasteiger partial charge in [0.05, 0.1) is 6.61 Å². The van der Waals surface area contributed by atoms with Crippen molar-refractivity contribution in [3.8, 4) is 0 Å². The Balaban J connectivity index is 2.31. The number of hydrogen-bond acceptors (Lipinski definition) is 2. The summed E-state index contributed by atoms with van der Waals surface area (Å²) in [4.78, 5) is 10.6. The summed E-state index contributed by atoms with van der Waals surface area (Å²) in [5.41, 5.74) is 1.50. The Morgan fingerprint density at radius 2 is 2.43 bits per heavy atom. The first-order valence-corrected chi connectivity index (χ1v) is 5.38. The fraction of sp³-hybridized carbons (Fsp3) is 0.750. The second-order valence-corrected chi connectivity index (χ2v) is 4.36. The van der Waals surface area contributed by atoms with Crippen LogP contribution in [0.2, 0.25) is 0 Å². The fourth-order valence-corrected chi connectivity index (χ4v) is 1.89. The van der Waals surface area contributed by atoms with Crippen LogP contribution in [-0.2, 0) is 9.53 Å². The van der Waals surface area contributed by atoms with Crippen molar-refractivity contribution in [2.45, 2.75) is 40.0 Å². The number of carbonyl (C=O) groups is 1. The van der Waals surface area contributed by atoms with Crippen molar-refractivity contribution in [2.75, 3.05) is 6.61 Å². The van der Waals surface area contributed by atoms with E-state index in [2.05, 4.69) is 19.9 Å². The highest BCUT2D eigenvalue weighted by molar-refractivity contribution is 5.65. The van der Waals surface area contributed by atoms with Gasteiger partial charge in [-0.05, 0) is 38.0 Å². The van der Waals surface area contributed by atoms with Gasteiger partial charge in [-0.3, -0.25) is 4.79 Å². The van der Waals surface area contributed by atoms with E-state index in [0.29, 0.717) is 18.4 Å². The molecule has 0 aromatic rings. The van der Waals surface area contributed by atoms with Crippen LogP contribution in [0.3, 0.4) is 0 Å². The maximum Gasteiger partial charge on any atom is 0.302 e. The first-order valence-electron chi connectivity index (χ1n) is 5.38. The lowest BCUT2D eigenvalue weighted by atomic mass is 9.82. The second-order valence-electron chi connectivity index (χ2n) is 4.36. The molecule has 0 radical (unpaired) electrons. The van der Waals surface area contributed by atoms with Gasteiger partial charge in [-0.2, -0.15) is 0 Å². The van der Waals surface area contributed by atoms with Crippen molar-refractivity contribution < 1.29 is 9.53 Å². The van der Waals surface area contributed by atoms with Crippen molar-refractivity contribution in [1.29, 1.82) is 0 Å². The second kappa shape index (κ2) is 5.18. The molecule has 0 fully saturated rings. The van der Waals surface area contributed by atoms with E-state index in [0.717, 1.165) is 6.42 Å². The molecule has 80 valence electrons.